The molecule has 1 aliphatic heterocycles. The van der Waals surface area contributed by atoms with E-state index in [9.17, 15) is 0 Å². The number of benzene rings is 2. The average Bonchev–Trinajstić information content (AvgIpc) is 3.16. The minimum Gasteiger partial charge on any atom is -0.490 e. The third kappa shape index (κ3) is 6.82. The standard InChI is InChI=1S/C21H25BrClNO3.ClH/c1-2-25-20-11-16(12-24-13-18-4-3-9-26-18)10-19(22)21(20)27-14-15-5-7-17(23)8-6-15;/h5-8,10-11,18,24H,2-4,9,12-14H2,1H3;1H. The number of hydrogen-bond acceptors (Lipinski definition) is 4. The topological polar surface area (TPSA) is 39.7 Å². The van der Waals surface area contributed by atoms with Crippen LogP contribution in [0.3, 0.4) is 0 Å². The molecule has 4 nitrogen and oxygen atoms in total. The first-order valence-electron chi connectivity index (χ1n) is 9.30. The predicted octanol–water partition coefficient (Wildman–Crippen LogP) is 5.77. The summed E-state index contributed by atoms with van der Waals surface area (Å²) >= 11 is 9.57. The van der Waals surface area contributed by atoms with Gasteiger partial charge in [-0.25, -0.2) is 0 Å². The lowest BCUT2D eigenvalue weighted by Gasteiger charge is -2.16. The summed E-state index contributed by atoms with van der Waals surface area (Å²) in [5.41, 5.74) is 2.19. The van der Waals surface area contributed by atoms with Gasteiger partial charge in [-0.05, 0) is 71.1 Å². The van der Waals surface area contributed by atoms with Gasteiger partial charge in [-0.1, -0.05) is 23.7 Å². The highest BCUT2D eigenvalue weighted by Crippen LogP contribution is 2.37. The first kappa shape index (κ1) is 23.3. The second kappa shape index (κ2) is 11.9. The van der Waals surface area contributed by atoms with Crippen LogP contribution in [0.1, 0.15) is 30.9 Å². The van der Waals surface area contributed by atoms with E-state index in [0.717, 1.165) is 64.7 Å². The van der Waals surface area contributed by atoms with Crippen LogP contribution in [0.2, 0.25) is 5.02 Å². The summed E-state index contributed by atoms with van der Waals surface area (Å²) in [4.78, 5) is 0. The van der Waals surface area contributed by atoms with Crippen molar-refractivity contribution in [1.82, 2.24) is 5.32 Å². The first-order valence-corrected chi connectivity index (χ1v) is 10.5. The zero-order valence-electron chi connectivity index (χ0n) is 15.9. The Morgan fingerprint density at radius 2 is 1.96 bits per heavy atom. The lowest BCUT2D eigenvalue weighted by Crippen LogP contribution is -2.25. The van der Waals surface area contributed by atoms with Gasteiger partial charge in [0.25, 0.3) is 0 Å². The van der Waals surface area contributed by atoms with Gasteiger partial charge in [-0.2, -0.15) is 0 Å². The molecule has 1 heterocycles. The average molecular weight is 491 g/mol. The highest BCUT2D eigenvalue weighted by atomic mass is 79.9. The smallest absolute Gasteiger partial charge is 0.175 e. The molecule has 3 rings (SSSR count). The first-order chi connectivity index (χ1) is 13.2. The van der Waals surface area contributed by atoms with Crippen LogP contribution in [0.25, 0.3) is 0 Å². The molecule has 0 aliphatic carbocycles. The van der Waals surface area contributed by atoms with Crippen LogP contribution in [0, 0.1) is 0 Å². The maximum absolute atomic E-state index is 6.03. The van der Waals surface area contributed by atoms with Crippen LogP contribution >= 0.6 is 39.9 Å². The van der Waals surface area contributed by atoms with Crippen LogP contribution in [-0.2, 0) is 17.9 Å². The Labute approximate surface area is 186 Å². The van der Waals surface area contributed by atoms with Crippen LogP contribution in [0.15, 0.2) is 40.9 Å². The number of rotatable bonds is 9. The molecule has 1 aliphatic rings. The van der Waals surface area contributed by atoms with Crippen molar-refractivity contribution >= 4 is 39.9 Å². The molecule has 0 amide bonds. The Hall–Kier alpha value is -0.980. The van der Waals surface area contributed by atoms with Crippen LogP contribution in [0.5, 0.6) is 11.5 Å². The molecule has 2 aromatic rings. The fourth-order valence-corrected chi connectivity index (χ4v) is 3.78. The number of halogens is 3. The van der Waals surface area contributed by atoms with Crippen LogP contribution in [-0.4, -0.2) is 25.9 Å². The van der Waals surface area contributed by atoms with Crippen molar-refractivity contribution in [3.05, 3.63) is 57.0 Å². The van der Waals surface area contributed by atoms with Crippen molar-refractivity contribution in [1.29, 1.82) is 0 Å². The van der Waals surface area contributed by atoms with Crippen molar-refractivity contribution in [2.24, 2.45) is 0 Å². The zero-order chi connectivity index (χ0) is 19.1. The van der Waals surface area contributed by atoms with E-state index in [1.165, 1.54) is 0 Å². The van der Waals surface area contributed by atoms with Crippen molar-refractivity contribution < 1.29 is 14.2 Å². The normalized spacial score (nSPS) is 15.9. The Kier molecular flexibility index (Phi) is 9.89. The van der Waals surface area contributed by atoms with Gasteiger partial charge in [0.2, 0.25) is 0 Å². The second-order valence-corrected chi connectivity index (χ2v) is 7.81. The maximum atomic E-state index is 6.03. The Balaban J connectivity index is 0.00000280. The van der Waals surface area contributed by atoms with E-state index in [-0.39, 0.29) is 12.4 Å². The molecule has 7 heteroatoms. The van der Waals surface area contributed by atoms with Gasteiger partial charge >= 0.3 is 0 Å². The monoisotopic (exact) mass is 489 g/mol. The van der Waals surface area contributed by atoms with Gasteiger partial charge < -0.3 is 19.5 Å². The molecule has 1 N–H and O–H groups in total. The third-order valence-corrected chi connectivity index (χ3v) is 5.23. The molecule has 0 radical (unpaired) electrons. The molecule has 28 heavy (non-hydrogen) atoms. The molecule has 0 spiro atoms. The van der Waals surface area contributed by atoms with Crippen molar-refractivity contribution in [2.75, 3.05) is 19.8 Å². The summed E-state index contributed by atoms with van der Waals surface area (Å²) in [5, 5.41) is 4.19. The molecule has 0 aromatic heterocycles. The molecule has 2 aromatic carbocycles. The van der Waals surface area contributed by atoms with E-state index >= 15 is 0 Å². The minimum absolute atomic E-state index is 0. The maximum Gasteiger partial charge on any atom is 0.175 e. The number of ether oxygens (including phenoxy) is 3. The van der Waals surface area contributed by atoms with E-state index in [1.807, 2.05) is 37.3 Å². The Morgan fingerprint density at radius 1 is 1.18 bits per heavy atom. The lowest BCUT2D eigenvalue weighted by atomic mass is 10.2. The fourth-order valence-electron chi connectivity index (χ4n) is 3.05. The van der Waals surface area contributed by atoms with Crippen molar-refractivity contribution in [3.63, 3.8) is 0 Å². The minimum atomic E-state index is 0. The van der Waals surface area contributed by atoms with Crippen LogP contribution in [0.4, 0.5) is 0 Å². The molecule has 1 fully saturated rings. The second-order valence-electron chi connectivity index (χ2n) is 6.52. The SMILES string of the molecule is CCOc1cc(CNCC2CCCO2)cc(Br)c1OCc1ccc(Cl)cc1.Cl. The summed E-state index contributed by atoms with van der Waals surface area (Å²) in [7, 11) is 0. The summed E-state index contributed by atoms with van der Waals surface area (Å²) in [6.45, 7) is 5.51. The molecule has 154 valence electrons. The summed E-state index contributed by atoms with van der Waals surface area (Å²) in [5.74, 6) is 1.46. The van der Waals surface area contributed by atoms with Gasteiger partial charge in [0, 0.05) is 24.7 Å². The van der Waals surface area contributed by atoms with Gasteiger partial charge in [0.15, 0.2) is 11.5 Å². The molecular weight excluding hydrogens is 465 g/mol. The molecule has 0 saturated carbocycles. The zero-order valence-corrected chi connectivity index (χ0v) is 19.0. The molecule has 1 unspecified atom stereocenters. The van der Waals surface area contributed by atoms with E-state index in [0.29, 0.717) is 19.3 Å². The summed E-state index contributed by atoms with van der Waals surface area (Å²) in [6, 6.07) is 11.7. The van der Waals surface area contributed by atoms with Gasteiger partial charge in [-0.15, -0.1) is 12.4 Å². The number of nitrogens with one attached hydrogen (secondary N) is 1. The third-order valence-electron chi connectivity index (χ3n) is 4.39. The largest absolute Gasteiger partial charge is 0.490 e. The van der Waals surface area contributed by atoms with Gasteiger partial charge in [-0.3, -0.25) is 0 Å². The van der Waals surface area contributed by atoms with Crippen LogP contribution < -0.4 is 14.8 Å². The summed E-state index contributed by atoms with van der Waals surface area (Å²) < 4.78 is 18.4. The predicted molar refractivity (Wildman–Crippen MR) is 119 cm³/mol. The van der Waals surface area contributed by atoms with Crippen molar-refractivity contribution in [2.45, 2.75) is 39.0 Å². The van der Waals surface area contributed by atoms with Gasteiger partial charge in [0.05, 0.1) is 17.2 Å². The Morgan fingerprint density at radius 3 is 2.64 bits per heavy atom. The highest BCUT2D eigenvalue weighted by Gasteiger charge is 2.16. The highest BCUT2D eigenvalue weighted by molar-refractivity contribution is 9.10. The van der Waals surface area contributed by atoms with Crippen molar-refractivity contribution in [3.8, 4) is 11.5 Å². The van der Waals surface area contributed by atoms with E-state index < -0.39 is 0 Å². The molecular formula is C21H26BrCl2NO3. The lowest BCUT2D eigenvalue weighted by molar-refractivity contribution is 0.110. The quantitative estimate of drug-likeness (QED) is 0.484. The molecule has 0 bridgehead atoms. The molecule has 1 atom stereocenters. The Bertz CT molecular complexity index is 737. The van der Waals surface area contributed by atoms with E-state index in [4.69, 9.17) is 25.8 Å². The van der Waals surface area contributed by atoms with E-state index in [1.54, 1.807) is 0 Å². The molecule has 1 saturated heterocycles. The number of hydrogen-bond donors (Lipinski definition) is 1. The summed E-state index contributed by atoms with van der Waals surface area (Å²) in [6.07, 6.45) is 2.63. The fraction of sp³-hybridized carbons (Fsp3) is 0.429. The van der Waals surface area contributed by atoms with Gasteiger partial charge in [0.1, 0.15) is 6.61 Å². The van der Waals surface area contributed by atoms with E-state index in [2.05, 4.69) is 27.3 Å².